The van der Waals surface area contributed by atoms with Gasteiger partial charge in [-0.25, -0.2) is 0 Å². The van der Waals surface area contributed by atoms with Gasteiger partial charge in [-0.05, 0) is 48.6 Å². The molecule has 0 saturated heterocycles. The Kier molecular flexibility index (Phi) is 2.36. The molecular formula is C12H17N. The predicted octanol–water partition coefficient (Wildman–Crippen LogP) is 2.20. The molecule has 0 radical (unpaired) electrons. The summed E-state index contributed by atoms with van der Waals surface area (Å²) in [6.45, 7) is 6.66. The molecule has 0 spiro atoms. The molecular weight excluding hydrogens is 158 g/mol. The van der Waals surface area contributed by atoms with Gasteiger partial charge in [-0.2, -0.15) is 0 Å². The van der Waals surface area contributed by atoms with Crippen molar-refractivity contribution >= 4 is 0 Å². The first-order valence-electron chi connectivity index (χ1n) is 5.13. The molecule has 70 valence electrons. The highest BCUT2D eigenvalue weighted by molar-refractivity contribution is 5.40. The molecule has 2 rings (SSSR count). The molecule has 1 nitrogen and oxygen atoms in total. The zero-order chi connectivity index (χ0) is 9.26. The number of hydrogen-bond acceptors (Lipinski definition) is 1. The van der Waals surface area contributed by atoms with Crippen molar-refractivity contribution in [1.29, 1.82) is 0 Å². The average Bonchev–Trinajstić information content (AvgIpc) is 2.18. The molecule has 1 N–H and O–H groups in total. The highest BCUT2D eigenvalue weighted by atomic mass is 14.9. The van der Waals surface area contributed by atoms with E-state index >= 15 is 0 Å². The van der Waals surface area contributed by atoms with Crippen LogP contribution in [0, 0.1) is 6.92 Å². The summed E-state index contributed by atoms with van der Waals surface area (Å²) < 4.78 is 0. The van der Waals surface area contributed by atoms with E-state index in [1.807, 2.05) is 0 Å². The molecule has 0 unspecified atom stereocenters. The molecule has 1 heteroatoms. The van der Waals surface area contributed by atoms with Crippen molar-refractivity contribution in [3.8, 4) is 0 Å². The highest BCUT2D eigenvalue weighted by Crippen LogP contribution is 2.20. The molecule has 1 aliphatic rings. The van der Waals surface area contributed by atoms with E-state index in [4.69, 9.17) is 0 Å². The van der Waals surface area contributed by atoms with Crippen LogP contribution in [0.15, 0.2) is 12.1 Å². The minimum absolute atomic E-state index is 1.06. The number of benzene rings is 1. The fraction of sp³-hybridized carbons (Fsp3) is 0.500. The van der Waals surface area contributed by atoms with Gasteiger partial charge in [-0.15, -0.1) is 0 Å². The number of fused-ring (bicyclic) bond motifs is 1. The average molecular weight is 175 g/mol. The van der Waals surface area contributed by atoms with Gasteiger partial charge in [-0.1, -0.05) is 19.1 Å². The van der Waals surface area contributed by atoms with Gasteiger partial charge in [0.2, 0.25) is 0 Å². The van der Waals surface area contributed by atoms with Crippen molar-refractivity contribution in [2.75, 3.05) is 6.54 Å². The Morgan fingerprint density at radius 1 is 1.38 bits per heavy atom. The quantitative estimate of drug-likeness (QED) is 0.690. The summed E-state index contributed by atoms with van der Waals surface area (Å²) in [6.07, 6.45) is 2.35. The second-order valence-electron chi connectivity index (χ2n) is 3.83. The zero-order valence-electron chi connectivity index (χ0n) is 8.48. The Morgan fingerprint density at radius 2 is 2.23 bits per heavy atom. The van der Waals surface area contributed by atoms with Crippen LogP contribution in [0.4, 0.5) is 0 Å². The lowest BCUT2D eigenvalue weighted by Gasteiger charge is -2.20. The van der Waals surface area contributed by atoms with Gasteiger partial charge in [0, 0.05) is 6.54 Å². The summed E-state index contributed by atoms with van der Waals surface area (Å²) in [5.74, 6) is 0. The van der Waals surface area contributed by atoms with Crippen LogP contribution < -0.4 is 5.32 Å². The monoisotopic (exact) mass is 175 g/mol. The largest absolute Gasteiger partial charge is 0.312 e. The first-order valence-corrected chi connectivity index (χ1v) is 5.13. The number of rotatable bonds is 1. The van der Waals surface area contributed by atoms with Gasteiger partial charge in [0.1, 0.15) is 0 Å². The SMILES string of the molecule is CCc1cc(C)c2c(c1)CNCC2. The van der Waals surface area contributed by atoms with E-state index in [-0.39, 0.29) is 0 Å². The molecule has 1 aliphatic heterocycles. The second-order valence-corrected chi connectivity index (χ2v) is 3.83. The summed E-state index contributed by atoms with van der Waals surface area (Å²) in [5, 5.41) is 3.42. The van der Waals surface area contributed by atoms with Crippen LogP contribution in [0.1, 0.15) is 29.2 Å². The van der Waals surface area contributed by atoms with Crippen molar-refractivity contribution < 1.29 is 0 Å². The predicted molar refractivity (Wildman–Crippen MR) is 56.0 cm³/mol. The molecule has 1 aromatic rings. The molecule has 0 atom stereocenters. The number of hydrogen-bond donors (Lipinski definition) is 1. The van der Waals surface area contributed by atoms with E-state index in [2.05, 4.69) is 31.3 Å². The smallest absolute Gasteiger partial charge is 0.0208 e. The summed E-state index contributed by atoms with van der Waals surface area (Å²) in [6, 6.07) is 4.69. The van der Waals surface area contributed by atoms with E-state index in [9.17, 15) is 0 Å². The fourth-order valence-electron chi connectivity index (χ4n) is 2.13. The highest BCUT2D eigenvalue weighted by Gasteiger charge is 2.11. The van der Waals surface area contributed by atoms with Crippen molar-refractivity contribution in [2.24, 2.45) is 0 Å². The maximum Gasteiger partial charge on any atom is 0.0208 e. The summed E-state index contributed by atoms with van der Waals surface area (Å²) >= 11 is 0. The van der Waals surface area contributed by atoms with Crippen LogP contribution in [0.5, 0.6) is 0 Å². The molecule has 0 aromatic heterocycles. The van der Waals surface area contributed by atoms with Gasteiger partial charge in [0.05, 0.1) is 0 Å². The Balaban J connectivity index is 2.47. The van der Waals surface area contributed by atoms with E-state index in [1.54, 1.807) is 5.56 Å². The molecule has 0 saturated carbocycles. The van der Waals surface area contributed by atoms with Crippen molar-refractivity contribution in [2.45, 2.75) is 33.2 Å². The number of aryl methyl sites for hydroxylation is 2. The van der Waals surface area contributed by atoms with Crippen molar-refractivity contribution in [3.63, 3.8) is 0 Å². The van der Waals surface area contributed by atoms with E-state index in [0.717, 1.165) is 19.5 Å². The summed E-state index contributed by atoms with van der Waals surface area (Å²) in [4.78, 5) is 0. The topological polar surface area (TPSA) is 12.0 Å². The standard InChI is InChI=1S/C12H17N/c1-3-10-6-9(2)12-4-5-13-8-11(12)7-10/h6-7,13H,3-5,8H2,1-2H3. The van der Waals surface area contributed by atoms with Crippen molar-refractivity contribution in [3.05, 3.63) is 34.4 Å². The van der Waals surface area contributed by atoms with Crippen LogP contribution >= 0.6 is 0 Å². The zero-order valence-corrected chi connectivity index (χ0v) is 8.48. The minimum Gasteiger partial charge on any atom is -0.312 e. The second kappa shape index (κ2) is 3.51. The lowest BCUT2D eigenvalue weighted by molar-refractivity contribution is 0.640. The van der Waals surface area contributed by atoms with E-state index in [1.165, 1.54) is 23.1 Å². The summed E-state index contributed by atoms with van der Waals surface area (Å²) in [7, 11) is 0. The molecule has 1 aromatic carbocycles. The number of nitrogens with one attached hydrogen (secondary N) is 1. The van der Waals surface area contributed by atoms with Crippen LogP contribution in [0.2, 0.25) is 0 Å². The third-order valence-electron chi connectivity index (χ3n) is 2.90. The van der Waals surface area contributed by atoms with E-state index < -0.39 is 0 Å². The first-order chi connectivity index (χ1) is 6.31. The van der Waals surface area contributed by atoms with Gasteiger partial charge in [0.15, 0.2) is 0 Å². The Labute approximate surface area is 80.2 Å². The molecule has 0 bridgehead atoms. The summed E-state index contributed by atoms with van der Waals surface area (Å²) in [5.41, 5.74) is 6.05. The fourth-order valence-corrected chi connectivity index (χ4v) is 2.13. The maximum atomic E-state index is 3.42. The Bertz CT molecular complexity index is 315. The Morgan fingerprint density at radius 3 is 3.00 bits per heavy atom. The normalized spacial score (nSPS) is 15.5. The molecule has 0 amide bonds. The maximum absolute atomic E-state index is 3.42. The lowest BCUT2D eigenvalue weighted by atomic mass is 9.93. The Hall–Kier alpha value is -0.820. The van der Waals surface area contributed by atoms with Crippen molar-refractivity contribution in [1.82, 2.24) is 5.32 Å². The third-order valence-corrected chi connectivity index (χ3v) is 2.90. The van der Waals surface area contributed by atoms with Gasteiger partial charge in [-0.3, -0.25) is 0 Å². The molecule has 0 fully saturated rings. The molecule has 0 aliphatic carbocycles. The third kappa shape index (κ3) is 1.61. The first kappa shape index (κ1) is 8.76. The van der Waals surface area contributed by atoms with Crippen LogP contribution in [0.25, 0.3) is 0 Å². The van der Waals surface area contributed by atoms with Gasteiger partial charge in [0.25, 0.3) is 0 Å². The van der Waals surface area contributed by atoms with Crippen LogP contribution in [-0.4, -0.2) is 6.54 Å². The van der Waals surface area contributed by atoms with Crippen LogP contribution in [-0.2, 0) is 19.4 Å². The van der Waals surface area contributed by atoms with Gasteiger partial charge < -0.3 is 5.32 Å². The molecule has 1 heterocycles. The van der Waals surface area contributed by atoms with Gasteiger partial charge >= 0.3 is 0 Å². The van der Waals surface area contributed by atoms with E-state index in [0.29, 0.717) is 0 Å². The molecule has 13 heavy (non-hydrogen) atoms. The lowest BCUT2D eigenvalue weighted by Crippen LogP contribution is -2.24. The minimum atomic E-state index is 1.06. The van der Waals surface area contributed by atoms with Crippen LogP contribution in [0.3, 0.4) is 0 Å².